The number of hydrogen-bond donors (Lipinski definition) is 0. The Morgan fingerprint density at radius 3 is 2.30 bits per heavy atom. The van der Waals surface area contributed by atoms with Crippen molar-refractivity contribution in [2.75, 3.05) is 13.1 Å². The molecule has 0 bridgehead atoms. The fourth-order valence-corrected chi connectivity index (χ4v) is 0.583. The third kappa shape index (κ3) is 3.88. The topological polar surface area (TPSA) is 46.4 Å². The van der Waals surface area contributed by atoms with Crippen LogP contribution in [0.4, 0.5) is 0 Å². The van der Waals surface area contributed by atoms with Crippen LogP contribution in [0.25, 0.3) is 0 Å². The second-order valence-electron chi connectivity index (χ2n) is 1.80. The van der Waals surface area contributed by atoms with Crippen LogP contribution in [-0.2, 0) is 0 Å². The Labute approximate surface area is 60.3 Å². The molecule has 4 nitrogen and oxygen atoms in total. The standard InChI is InChI=1S/C6H12N2O2/c1-3-7(4-2)5-6-8(9)10/h5-6H,3-4H2,1-2H3. The van der Waals surface area contributed by atoms with Crippen molar-refractivity contribution < 1.29 is 4.92 Å². The molecule has 0 rings (SSSR count). The van der Waals surface area contributed by atoms with E-state index in [-0.39, 0.29) is 0 Å². The minimum atomic E-state index is -0.460. The van der Waals surface area contributed by atoms with Gasteiger partial charge in [0.1, 0.15) is 0 Å². The van der Waals surface area contributed by atoms with Crippen LogP contribution < -0.4 is 0 Å². The second kappa shape index (κ2) is 4.78. The number of hydrogen-bond acceptors (Lipinski definition) is 3. The van der Waals surface area contributed by atoms with Crippen LogP contribution in [0.3, 0.4) is 0 Å². The first-order valence-corrected chi connectivity index (χ1v) is 3.26. The minimum absolute atomic E-state index is 0.460. The van der Waals surface area contributed by atoms with Crippen molar-refractivity contribution in [1.82, 2.24) is 4.90 Å². The Kier molecular flexibility index (Phi) is 4.28. The normalized spacial score (nSPS) is 10.2. The van der Waals surface area contributed by atoms with Crippen molar-refractivity contribution in [3.63, 3.8) is 0 Å². The van der Waals surface area contributed by atoms with Crippen molar-refractivity contribution in [3.05, 3.63) is 22.5 Å². The van der Waals surface area contributed by atoms with Gasteiger partial charge in [0, 0.05) is 13.1 Å². The molecule has 0 fully saturated rings. The van der Waals surface area contributed by atoms with Crippen LogP contribution in [0.5, 0.6) is 0 Å². The van der Waals surface area contributed by atoms with Crippen LogP contribution in [0.15, 0.2) is 12.4 Å². The molecule has 0 aromatic heterocycles. The van der Waals surface area contributed by atoms with Gasteiger partial charge in [-0.3, -0.25) is 10.1 Å². The molecule has 10 heavy (non-hydrogen) atoms. The first-order chi connectivity index (χ1) is 4.70. The summed E-state index contributed by atoms with van der Waals surface area (Å²) in [4.78, 5) is 11.2. The summed E-state index contributed by atoms with van der Waals surface area (Å²) >= 11 is 0. The van der Waals surface area contributed by atoms with E-state index in [9.17, 15) is 10.1 Å². The summed E-state index contributed by atoms with van der Waals surface area (Å²) in [7, 11) is 0. The van der Waals surface area contributed by atoms with E-state index in [1.807, 2.05) is 18.7 Å². The largest absolute Gasteiger partial charge is 0.373 e. The first-order valence-electron chi connectivity index (χ1n) is 3.26. The van der Waals surface area contributed by atoms with Crippen LogP contribution in [-0.4, -0.2) is 22.9 Å². The number of nitro groups is 1. The second-order valence-corrected chi connectivity index (χ2v) is 1.80. The van der Waals surface area contributed by atoms with Crippen LogP contribution >= 0.6 is 0 Å². The van der Waals surface area contributed by atoms with Crippen LogP contribution in [0, 0.1) is 10.1 Å². The van der Waals surface area contributed by atoms with Gasteiger partial charge >= 0.3 is 0 Å². The zero-order valence-electron chi connectivity index (χ0n) is 6.28. The van der Waals surface area contributed by atoms with Gasteiger partial charge in [0.15, 0.2) is 0 Å². The fourth-order valence-electron chi connectivity index (χ4n) is 0.583. The highest BCUT2D eigenvalue weighted by molar-refractivity contribution is 4.72. The summed E-state index contributed by atoms with van der Waals surface area (Å²) in [5.74, 6) is 0. The number of rotatable bonds is 4. The third-order valence-corrected chi connectivity index (χ3v) is 1.21. The lowest BCUT2D eigenvalue weighted by molar-refractivity contribution is -0.403. The molecule has 0 aromatic rings. The highest BCUT2D eigenvalue weighted by atomic mass is 16.6. The molecule has 0 radical (unpaired) electrons. The van der Waals surface area contributed by atoms with Crippen molar-refractivity contribution in [1.29, 1.82) is 0 Å². The summed E-state index contributed by atoms with van der Waals surface area (Å²) in [6.07, 6.45) is 2.44. The molecule has 0 spiro atoms. The van der Waals surface area contributed by atoms with E-state index in [0.29, 0.717) is 0 Å². The summed E-state index contributed by atoms with van der Waals surface area (Å²) in [6.45, 7) is 5.52. The Morgan fingerprint density at radius 1 is 1.50 bits per heavy atom. The van der Waals surface area contributed by atoms with Gasteiger partial charge in [-0.2, -0.15) is 0 Å². The zero-order valence-corrected chi connectivity index (χ0v) is 6.28. The molecular formula is C6H12N2O2. The average Bonchev–Trinajstić information content (AvgIpc) is 1.90. The maximum Gasteiger partial charge on any atom is 0.250 e. The van der Waals surface area contributed by atoms with Gasteiger partial charge in [0.2, 0.25) is 6.20 Å². The van der Waals surface area contributed by atoms with Gasteiger partial charge in [0.05, 0.1) is 11.1 Å². The van der Waals surface area contributed by atoms with Gasteiger partial charge in [-0.15, -0.1) is 0 Å². The molecule has 0 unspecified atom stereocenters. The summed E-state index contributed by atoms with van der Waals surface area (Å²) in [6, 6.07) is 0. The molecule has 0 aromatic carbocycles. The van der Waals surface area contributed by atoms with Crippen LogP contribution in [0.2, 0.25) is 0 Å². The molecule has 4 heteroatoms. The van der Waals surface area contributed by atoms with Gasteiger partial charge in [-0.05, 0) is 13.8 Å². The smallest absolute Gasteiger partial charge is 0.250 e. The Balaban J connectivity index is 3.72. The average molecular weight is 144 g/mol. The molecule has 0 atom stereocenters. The highest BCUT2D eigenvalue weighted by Gasteiger charge is 1.91. The lowest BCUT2D eigenvalue weighted by Gasteiger charge is -2.12. The molecule has 0 N–H and O–H groups in total. The van der Waals surface area contributed by atoms with E-state index in [1.165, 1.54) is 6.20 Å². The molecular weight excluding hydrogens is 132 g/mol. The van der Waals surface area contributed by atoms with Crippen molar-refractivity contribution in [3.8, 4) is 0 Å². The van der Waals surface area contributed by atoms with Crippen molar-refractivity contribution >= 4 is 0 Å². The van der Waals surface area contributed by atoms with E-state index >= 15 is 0 Å². The molecule has 0 aliphatic carbocycles. The van der Waals surface area contributed by atoms with Gasteiger partial charge < -0.3 is 4.90 Å². The van der Waals surface area contributed by atoms with E-state index in [0.717, 1.165) is 19.3 Å². The predicted molar refractivity (Wildman–Crippen MR) is 39.1 cm³/mol. The molecule has 58 valence electrons. The molecule has 0 amide bonds. The summed E-state index contributed by atoms with van der Waals surface area (Å²) in [5.41, 5.74) is 0. The lowest BCUT2D eigenvalue weighted by Crippen LogP contribution is -2.15. The van der Waals surface area contributed by atoms with Crippen molar-refractivity contribution in [2.24, 2.45) is 0 Å². The molecule has 0 saturated carbocycles. The fraction of sp³-hybridized carbons (Fsp3) is 0.667. The first kappa shape index (κ1) is 8.94. The van der Waals surface area contributed by atoms with Gasteiger partial charge in [-0.1, -0.05) is 0 Å². The van der Waals surface area contributed by atoms with Crippen LogP contribution in [0.1, 0.15) is 13.8 Å². The van der Waals surface area contributed by atoms with E-state index in [2.05, 4.69) is 0 Å². The third-order valence-electron chi connectivity index (χ3n) is 1.21. The van der Waals surface area contributed by atoms with Crippen molar-refractivity contribution in [2.45, 2.75) is 13.8 Å². The predicted octanol–water partition coefficient (Wildman–Crippen LogP) is 1.08. The van der Waals surface area contributed by atoms with E-state index < -0.39 is 4.92 Å². The molecule has 0 aliphatic heterocycles. The summed E-state index contributed by atoms with van der Waals surface area (Å²) in [5, 5.41) is 9.83. The Morgan fingerprint density at radius 2 is 2.00 bits per heavy atom. The number of nitrogens with zero attached hydrogens (tertiary/aromatic N) is 2. The maximum atomic E-state index is 9.83. The zero-order chi connectivity index (χ0) is 7.98. The molecule has 0 heterocycles. The van der Waals surface area contributed by atoms with E-state index in [1.54, 1.807) is 0 Å². The minimum Gasteiger partial charge on any atom is -0.373 e. The molecule has 0 saturated heterocycles. The Hall–Kier alpha value is -1.06. The highest BCUT2D eigenvalue weighted by Crippen LogP contribution is 1.87. The van der Waals surface area contributed by atoms with Gasteiger partial charge in [0.25, 0.3) is 0 Å². The quantitative estimate of drug-likeness (QED) is 0.438. The maximum absolute atomic E-state index is 9.83. The SMILES string of the molecule is CCN(C=C[N+](=O)[O-])CC. The monoisotopic (exact) mass is 144 g/mol. The molecule has 0 aliphatic rings. The van der Waals surface area contributed by atoms with Gasteiger partial charge in [-0.25, -0.2) is 0 Å². The van der Waals surface area contributed by atoms with E-state index in [4.69, 9.17) is 0 Å². The lowest BCUT2D eigenvalue weighted by atomic mass is 10.5. The Bertz CT molecular complexity index is 130. The summed E-state index contributed by atoms with van der Waals surface area (Å²) < 4.78 is 0.